The van der Waals surface area contributed by atoms with Crippen molar-refractivity contribution in [3.8, 4) is 11.3 Å². The van der Waals surface area contributed by atoms with Gasteiger partial charge in [-0.15, -0.1) is 0 Å². The monoisotopic (exact) mass is 511 g/mol. The summed E-state index contributed by atoms with van der Waals surface area (Å²) in [5.74, 6) is -0.490. The third-order valence-corrected chi connectivity index (χ3v) is 6.88. The van der Waals surface area contributed by atoms with Gasteiger partial charge in [0.2, 0.25) is 0 Å². The molecule has 0 spiro atoms. The highest BCUT2D eigenvalue weighted by Crippen LogP contribution is 2.26. The van der Waals surface area contributed by atoms with Crippen molar-refractivity contribution in [2.45, 2.75) is 38.5 Å². The molecule has 2 aromatic heterocycles. The van der Waals surface area contributed by atoms with Crippen LogP contribution in [-0.4, -0.2) is 34.2 Å². The molecule has 194 valence electrons. The highest BCUT2D eigenvalue weighted by atomic mass is 19.1. The second kappa shape index (κ2) is 10.3. The maximum absolute atomic E-state index is 14.6. The zero-order valence-corrected chi connectivity index (χ0v) is 21.6. The number of pyridine rings is 1. The predicted octanol–water partition coefficient (Wildman–Crippen LogP) is 4.80. The van der Waals surface area contributed by atoms with Crippen LogP contribution in [-0.2, 0) is 11.8 Å². The lowest BCUT2D eigenvalue weighted by atomic mass is 9.87. The number of rotatable bonds is 6. The first-order valence-corrected chi connectivity index (χ1v) is 12.6. The molecule has 4 aromatic rings. The number of aromatic amines is 1. The standard InChI is InChI=1S/C30H30FN5O2/c1-30(2,3)23-8-4-18(5-9-23)28(37)34-27-13-19(7-11-25(27)31)26-14-21(29(38)36-35-26)12-24-10-6-20(17-33-24)22-15-32-16-22/h4-11,13-14,17,22,32H,12,15-16H2,1-3H3,(H,34,37)(H,36,38). The second-order valence-corrected chi connectivity index (χ2v) is 10.7. The SMILES string of the molecule is CC(C)(C)c1ccc(C(=O)Nc2cc(-c3cc(Cc4ccc(C5CNC5)cn4)c(=O)[nH]n3)ccc2F)cc1. The molecule has 0 aliphatic carbocycles. The van der Waals surface area contributed by atoms with Gasteiger partial charge in [0, 0.05) is 54.0 Å². The van der Waals surface area contributed by atoms with Crippen LogP contribution in [0.25, 0.3) is 11.3 Å². The fourth-order valence-corrected chi connectivity index (χ4v) is 4.32. The topological polar surface area (TPSA) is 99.8 Å². The number of hydrogen-bond donors (Lipinski definition) is 3. The van der Waals surface area contributed by atoms with Crippen LogP contribution in [0.5, 0.6) is 0 Å². The van der Waals surface area contributed by atoms with Gasteiger partial charge >= 0.3 is 0 Å². The lowest BCUT2D eigenvalue weighted by molar-refractivity contribution is 0.102. The quantitative estimate of drug-likeness (QED) is 0.345. The van der Waals surface area contributed by atoms with Gasteiger partial charge in [-0.25, -0.2) is 9.49 Å². The van der Waals surface area contributed by atoms with Gasteiger partial charge in [0.1, 0.15) is 5.82 Å². The Kier molecular flexibility index (Phi) is 6.91. The smallest absolute Gasteiger partial charge is 0.267 e. The summed E-state index contributed by atoms with van der Waals surface area (Å²) in [5, 5.41) is 12.6. The van der Waals surface area contributed by atoms with E-state index in [2.05, 4.69) is 52.7 Å². The highest BCUT2D eigenvalue weighted by molar-refractivity contribution is 6.04. The van der Waals surface area contributed by atoms with E-state index in [0.717, 1.165) is 24.3 Å². The van der Waals surface area contributed by atoms with Crippen molar-refractivity contribution in [1.82, 2.24) is 20.5 Å². The van der Waals surface area contributed by atoms with Crippen molar-refractivity contribution < 1.29 is 9.18 Å². The Morgan fingerprint density at radius 3 is 2.45 bits per heavy atom. The minimum atomic E-state index is -0.566. The minimum absolute atomic E-state index is 0.0321. The molecular weight excluding hydrogens is 481 g/mol. The second-order valence-electron chi connectivity index (χ2n) is 10.7. The van der Waals surface area contributed by atoms with Crippen molar-refractivity contribution in [1.29, 1.82) is 0 Å². The molecule has 0 bridgehead atoms. The van der Waals surface area contributed by atoms with Crippen molar-refractivity contribution >= 4 is 11.6 Å². The number of carbonyl (C=O) groups is 1. The van der Waals surface area contributed by atoms with Crippen molar-refractivity contribution in [3.05, 3.63) is 111 Å². The molecule has 38 heavy (non-hydrogen) atoms. The Bertz CT molecular complexity index is 1520. The van der Waals surface area contributed by atoms with E-state index in [0.29, 0.717) is 34.7 Å². The molecule has 5 rings (SSSR count). The van der Waals surface area contributed by atoms with Gasteiger partial charge in [-0.05, 0) is 59.0 Å². The van der Waals surface area contributed by atoms with E-state index in [-0.39, 0.29) is 16.7 Å². The number of halogens is 1. The number of aromatic nitrogens is 3. The first kappa shape index (κ1) is 25.5. The molecule has 1 amide bonds. The van der Waals surface area contributed by atoms with Crippen LogP contribution in [0, 0.1) is 5.82 Å². The van der Waals surface area contributed by atoms with Crippen LogP contribution in [0.2, 0.25) is 0 Å². The van der Waals surface area contributed by atoms with Gasteiger partial charge in [0.05, 0.1) is 11.4 Å². The summed E-state index contributed by atoms with van der Waals surface area (Å²) in [6.45, 7) is 8.20. The average molecular weight is 512 g/mol. The van der Waals surface area contributed by atoms with Crippen molar-refractivity contribution in [3.63, 3.8) is 0 Å². The summed E-state index contributed by atoms with van der Waals surface area (Å²) in [6, 6.07) is 17.3. The molecule has 2 aromatic carbocycles. The number of benzene rings is 2. The van der Waals surface area contributed by atoms with E-state index in [1.54, 1.807) is 24.3 Å². The van der Waals surface area contributed by atoms with Crippen LogP contribution in [0.3, 0.4) is 0 Å². The van der Waals surface area contributed by atoms with Gasteiger partial charge in [-0.3, -0.25) is 14.6 Å². The Morgan fingerprint density at radius 1 is 1.05 bits per heavy atom. The fraction of sp³-hybridized carbons (Fsp3) is 0.267. The summed E-state index contributed by atoms with van der Waals surface area (Å²) in [4.78, 5) is 29.8. The van der Waals surface area contributed by atoms with Crippen molar-refractivity contribution in [2.24, 2.45) is 0 Å². The van der Waals surface area contributed by atoms with Crippen molar-refractivity contribution in [2.75, 3.05) is 18.4 Å². The minimum Gasteiger partial charge on any atom is -0.319 e. The van der Waals surface area contributed by atoms with E-state index < -0.39 is 11.7 Å². The first-order valence-electron chi connectivity index (χ1n) is 12.6. The number of nitrogens with zero attached hydrogens (tertiary/aromatic N) is 2. The molecule has 8 heteroatoms. The van der Waals surface area contributed by atoms with E-state index in [4.69, 9.17) is 0 Å². The number of hydrogen-bond acceptors (Lipinski definition) is 5. The van der Waals surface area contributed by atoms with Gasteiger partial charge in [0.15, 0.2) is 0 Å². The fourth-order valence-electron chi connectivity index (χ4n) is 4.32. The summed E-state index contributed by atoms with van der Waals surface area (Å²) < 4.78 is 14.6. The Balaban J connectivity index is 1.34. The Labute approximate surface area is 220 Å². The number of anilines is 1. The van der Waals surface area contributed by atoms with Crippen LogP contribution >= 0.6 is 0 Å². The summed E-state index contributed by atoms with van der Waals surface area (Å²) >= 11 is 0. The number of amides is 1. The number of nitrogens with one attached hydrogen (secondary N) is 3. The lowest BCUT2D eigenvalue weighted by Gasteiger charge is -2.27. The molecular formula is C30H30FN5O2. The van der Waals surface area contributed by atoms with Gasteiger partial charge < -0.3 is 10.6 Å². The summed E-state index contributed by atoms with van der Waals surface area (Å²) in [5.41, 5.74) is 4.69. The summed E-state index contributed by atoms with van der Waals surface area (Å²) in [7, 11) is 0. The number of carbonyl (C=O) groups excluding carboxylic acids is 1. The van der Waals surface area contributed by atoms with Crippen LogP contribution in [0.15, 0.2) is 71.7 Å². The Morgan fingerprint density at radius 2 is 1.82 bits per heavy atom. The average Bonchev–Trinajstić information content (AvgIpc) is 2.86. The lowest BCUT2D eigenvalue weighted by Crippen LogP contribution is -2.39. The first-order chi connectivity index (χ1) is 18.2. The maximum Gasteiger partial charge on any atom is 0.267 e. The van der Waals surface area contributed by atoms with Crippen LogP contribution in [0.1, 0.15) is 59.4 Å². The van der Waals surface area contributed by atoms with Gasteiger partial charge in [0.25, 0.3) is 11.5 Å². The molecule has 3 heterocycles. The predicted molar refractivity (Wildman–Crippen MR) is 146 cm³/mol. The molecule has 1 aliphatic rings. The zero-order valence-electron chi connectivity index (χ0n) is 21.6. The molecule has 0 radical (unpaired) electrons. The molecule has 0 saturated carbocycles. The molecule has 3 N–H and O–H groups in total. The molecule has 0 unspecified atom stereocenters. The van der Waals surface area contributed by atoms with E-state index in [1.165, 1.54) is 17.7 Å². The third-order valence-electron chi connectivity index (χ3n) is 6.88. The molecule has 1 aliphatic heterocycles. The zero-order chi connectivity index (χ0) is 26.9. The number of H-pyrrole nitrogens is 1. The Hall–Kier alpha value is -4.17. The van der Waals surface area contributed by atoms with Gasteiger partial charge in [-0.2, -0.15) is 5.10 Å². The van der Waals surface area contributed by atoms with E-state index >= 15 is 0 Å². The van der Waals surface area contributed by atoms with Gasteiger partial charge in [-0.1, -0.05) is 39.0 Å². The maximum atomic E-state index is 14.6. The largest absolute Gasteiger partial charge is 0.319 e. The highest BCUT2D eigenvalue weighted by Gasteiger charge is 2.19. The molecule has 1 fully saturated rings. The summed E-state index contributed by atoms with van der Waals surface area (Å²) in [6.07, 6.45) is 2.20. The van der Waals surface area contributed by atoms with Crippen LogP contribution < -0.4 is 16.2 Å². The molecule has 0 atom stereocenters. The molecule has 7 nitrogen and oxygen atoms in total. The third kappa shape index (κ3) is 5.55. The van der Waals surface area contributed by atoms with Crippen LogP contribution in [0.4, 0.5) is 10.1 Å². The normalized spacial score (nSPS) is 13.7. The van der Waals surface area contributed by atoms with E-state index in [9.17, 15) is 14.0 Å². The molecule has 1 saturated heterocycles. The van der Waals surface area contributed by atoms with E-state index in [1.807, 2.05) is 24.4 Å².